The van der Waals surface area contributed by atoms with Crippen molar-refractivity contribution in [3.8, 4) is 0 Å². The van der Waals surface area contributed by atoms with Crippen molar-refractivity contribution in [1.29, 1.82) is 0 Å². The SMILES string of the molecule is Cc1c(F)cc(F)c(C)c1N.Cl. The van der Waals surface area contributed by atoms with E-state index in [2.05, 4.69) is 0 Å². The molecule has 12 heavy (non-hydrogen) atoms. The molecule has 0 saturated carbocycles. The Balaban J connectivity index is 0.00000121. The summed E-state index contributed by atoms with van der Waals surface area (Å²) >= 11 is 0. The molecule has 1 aromatic carbocycles. The van der Waals surface area contributed by atoms with Crippen molar-refractivity contribution in [1.82, 2.24) is 0 Å². The van der Waals surface area contributed by atoms with Crippen LogP contribution in [-0.4, -0.2) is 0 Å². The number of anilines is 1. The van der Waals surface area contributed by atoms with Crippen LogP contribution in [0.15, 0.2) is 6.07 Å². The highest BCUT2D eigenvalue weighted by Crippen LogP contribution is 2.21. The molecule has 4 heteroatoms. The van der Waals surface area contributed by atoms with E-state index < -0.39 is 11.6 Å². The largest absolute Gasteiger partial charge is 0.398 e. The monoisotopic (exact) mass is 193 g/mol. The van der Waals surface area contributed by atoms with Crippen molar-refractivity contribution in [2.24, 2.45) is 0 Å². The smallest absolute Gasteiger partial charge is 0.131 e. The summed E-state index contributed by atoms with van der Waals surface area (Å²) in [5.41, 5.74) is 6.22. The van der Waals surface area contributed by atoms with E-state index in [0.717, 1.165) is 6.07 Å². The lowest BCUT2D eigenvalue weighted by molar-refractivity contribution is 0.573. The van der Waals surface area contributed by atoms with Crippen LogP contribution in [0.4, 0.5) is 14.5 Å². The summed E-state index contributed by atoms with van der Waals surface area (Å²) in [4.78, 5) is 0. The summed E-state index contributed by atoms with van der Waals surface area (Å²) < 4.78 is 25.4. The fraction of sp³-hybridized carbons (Fsp3) is 0.250. The van der Waals surface area contributed by atoms with E-state index in [1.165, 1.54) is 13.8 Å². The Hall–Kier alpha value is -0.830. The van der Waals surface area contributed by atoms with Gasteiger partial charge in [0.25, 0.3) is 0 Å². The van der Waals surface area contributed by atoms with Gasteiger partial charge in [-0.1, -0.05) is 0 Å². The van der Waals surface area contributed by atoms with Crippen LogP contribution in [0.25, 0.3) is 0 Å². The second kappa shape index (κ2) is 3.72. The number of nitrogen functional groups attached to an aromatic ring is 1. The molecule has 1 nitrogen and oxygen atoms in total. The first kappa shape index (κ1) is 11.2. The maximum absolute atomic E-state index is 12.7. The van der Waals surface area contributed by atoms with Gasteiger partial charge in [-0.25, -0.2) is 8.78 Å². The molecule has 0 fully saturated rings. The fourth-order valence-electron chi connectivity index (χ4n) is 0.866. The van der Waals surface area contributed by atoms with E-state index in [0.29, 0.717) is 11.1 Å². The molecule has 0 spiro atoms. The van der Waals surface area contributed by atoms with Gasteiger partial charge in [-0.15, -0.1) is 12.4 Å². The molecule has 0 radical (unpaired) electrons. The predicted molar refractivity (Wildman–Crippen MR) is 47.5 cm³/mol. The highest BCUT2D eigenvalue weighted by Gasteiger charge is 2.08. The summed E-state index contributed by atoms with van der Waals surface area (Å²) in [7, 11) is 0. The third-order valence-electron chi connectivity index (χ3n) is 1.78. The summed E-state index contributed by atoms with van der Waals surface area (Å²) in [6.07, 6.45) is 0. The minimum Gasteiger partial charge on any atom is -0.398 e. The zero-order chi connectivity index (χ0) is 8.59. The minimum atomic E-state index is -0.592. The van der Waals surface area contributed by atoms with Gasteiger partial charge >= 0.3 is 0 Å². The van der Waals surface area contributed by atoms with Gasteiger partial charge in [0.2, 0.25) is 0 Å². The second-order valence-corrected chi connectivity index (χ2v) is 2.50. The third-order valence-corrected chi connectivity index (χ3v) is 1.78. The molecule has 0 unspecified atom stereocenters. The standard InChI is InChI=1S/C8H9F2N.ClH/c1-4-6(9)3-7(10)5(2)8(4)11;/h3H,11H2,1-2H3;1H. The van der Waals surface area contributed by atoms with Crippen LogP contribution in [-0.2, 0) is 0 Å². The molecule has 0 atom stereocenters. The van der Waals surface area contributed by atoms with Crippen LogP contribution in [0.3, 0.4) is 0 Å². The van der Waals surface area contributed by atoms with Crippen molar-refractivity contribution in [3.05, 3.63) is 28.8 Å². The van der Waals surface area contributed by atoms with Gasteiger partial charge in [0, 0.05) is 22.9 Å². The van der Waals surface area contributed by atoms with E-state index in [9.17, 15) is 8.78 Å². The Labute approximate surface area is 76.0 Å². The molecule has 1 rings (SSSR count). The molecule has 0 aliphatic carbocycles. The van der Waals surface area contributed by atoms with E-state index in [1.54, 1.807) is 0 Å². The number of rotatable bonds is 0. The first-order valence-electron chi connectivity index (χ1n) is 3.24. The van der Waals surface area contributed by atoms with Gasteiger partial charge in [-0.05, 0) is 13.8 Å². The first-order chi connectivity index (χ1) is 5.04. The van der Waals surface area contributed by atoms with Gasteiger partial charge in [0.1, 0.15) is 11.6 Å². The Morgan fingerprint density at radius 1 is 1.08 bits per heavy atom. The Morgan fingerprint density at radius 2 is 1.42 bits per heavy atom. The van der Waals surface area contributed by atoms with Gasteiger partial charge in [0.05, 0.1) is 0 Å². The number of halogens is 3. The lowest BCUT2D eigenvalue weighted by Gasteiger charge is -2.05. The van der Waals surface area contributed by atoms with E-state index in [4.69, 9.17) is 5.73 Å². The van der Waals surface area contributed by atoms with Gasteiger partial charge in [-0.3, -0.25) is 0 Å². The molecule has 0 aliphatic rings. The van der Waals surface area contributed by atoms with E-state index >= 15 is 0 Å². The average Bonchev–Trinajstić information content (AvgIpc) is 1.97. The Bertz CT molecular complexity index is 273. The van der Waals surface area contributed by atoms with Crippen LogP contribution in [0, 0.1) is 25.5 Å². The van der Waals surface area contributed by atoms with Crippen molar-refractivity contribution >= 4 is 18.1 Å². The zero-order valence-corrected chi connectivity index (χ0v) is 7.64. The van der Waals surface area contributed by atoms with Crippen molar-refractivity contribution in [2.45, 2.75) is 13.8 Å². The van der Waals surface area contributed by atoms with Gasteiger partial charge in [0.15, 0.2) is 0 Å². The quantitative estimate of drug-likeness (QED) is 0.630. The highest BCUT2D eigenvalue weighted by molar-refractivity contribution is 5.85. The number of hydrogen-bond acceptors (Lipinski definition) is 1. The molecule has 0 aliphatic heterocycles. The maximum atomic E-state index is 12.7. The van der Waals surface area contributed by atoms with Crippen LogP contribution in [0.5, 0.6) is 0 Å². The predicted octanol–water partition coefficient (Wildman–Crippen LogP) is 2.59. The molecule has 0 amide bonds. The third kappa shape index (κ3) is 1.67. The number of hydrogen-bond donors (Lipinski definition) is 1. The molecule has 0 saturated heterocycles. The summed E-state index contributed by atoms with van der Waals surface area (Å²) in [5, 5.41) is 0. The molecular weight excluding hydrogens is 184 g/mol. The molecule has 0 aromatic heterocycles. The second-order valence-electron chi connectivity index (χ2n) is 2.50. The number of benzene rings is 1. The first-order valence-corrected chi connectivity index (χ1v) is 3.24. The van der Waals surface area contributed by atoms with Crippen LogP contribution >= 0.6 is 12.4 Å². The van der Waals surface area contributed by atoms with Crippen LogP contribution < -0.4 is 5.73 Å². The fourth-order valence-corrected chi connectivity index (χ4v) is 0.866. The Morgan fingerprint density at radius 3 is 1.75 bits per heavy atom. The molecule has 68 valence electrons. The summed E-state index contributed by atoms with van der Waals surface area (Å²) in [5.74, 6) is -1.18. The molecular formula is C8H10ClF2N. The van der Waals surface area contributed by atoms with E-state index in [-0.39, 0.29) is 18.1 Å². The zero-order valence-electron chi connectivity index (χ0n) is 6.82. The Kier molecular flexibility index (Phi) is 3.46. The van der Waals surface area contributed by atoms with Gasteiger partial charge in [-0.2, -0.15) is 0 Å². The average molecular weight is 194 g/mol. The minimum absolute atomic E-state index is 0. The van der Waals surface area contributed by atoms with Crippen LogP contribution in [0.1, 0.15) is 11.1 Å². The number of nitrogens with two attached hydrogens (primary N) is 1. The van der Waals surface area contributed by atoms with Crippen molar-refractivity contribution < 1.29 is 8.78 Å². The molecule has 1 aromatic rings. The summed E-state index contributed by atoms with van der Waals surface area (Å²) in [6.45, 7) is 3.05. The van der Waals surface area contributed by atoms with Crippen LogP contribution in [0.2, 0.25) is 0 Å². The topological polar surface area (TPSA) is 26.0 Å². The maximum Gasteiger partial charge on any atom is 0.131 e. The van der Waals surface area contributed by atoms with E-state index in [1.807, 2.05) is 0 Å². The van der Waals surface area contributed by atoms with Gasteiger partial charge < -0.3 is 5.73 Å². The van der Waals surface area contributed by atoms with Crippen molar-refractivity contribution in [3.63, 3.8) is 0 Å². The highest BCUT2D eigenvalue weighted by atomic mass is 35.5. The normalized spacial score (nSPS) is 9.33. The van der Waals surface area contributed by atoms with Crippen molar-refractivity contribution in [2.75, 3.05) is 5.73 Å². The molecule has 0 heterocycles. The lowest BCUT2D eigenvalue weighted by atomic mass is 10.1. The summed E-state index contributed by atoms with van der Waals surface area (Å²) in [6, 6.07) is 0.848. The molecule has 2 N–H and O–H groups in total. The molecule has 0 bridgehead atoms. The lowest BCUT2D eigenvalue weighted by Crippen LogP contribution is -1.99.